The minimum Gasteiger partial charge on any atom is -0.398 e. The summed E-state index contributed by atoms with van der Waals surface area (Å²) in [4.78, 5) is 1.14. The maximum atomic E-state index is 6.00. The largest absolute Gasteiger partial charge is 0.398 e. The van der Waals surface area contributed by atoms with Gasteiger partial charge in [-0.3, -0.25) is 0 Å². The molecule has 2 aromatic rings. The topological polar surface area (TPSA) is 26.0 Å². The quantitative estimate of drug-likeness (QED) is 0.773. The van der Waals surface area contributed by atoms with Gasteiger partial charge in [-0.15, -0.1) is 11.3 Å². The molecular formula is C10H7BrClNS. The van der Waals surface area contributed by atoms with Gasteiger partial charge in [0.05, 0.1) is 5.02 Å². The van der Waals surface area contributed by atoms with Crippen LogP contribution in [0.5, 0.6) is 0 Å². The fourth-order valence-corrected chi connectivity index (χ4v) is 2.50. The summed E-state index contributed by atoms with van der Waals surface area (Å²) < 4.78 is 0.831. The smallest absolute Gasteiger partial charge is 0.0556 e. The predicted octanol–water partition coefficient (Wildman–Crippen LogP) is 4.41. The van der Waals surface area contributed by atoms with Crippen molar-refractivity contribution in [1.29, 1.82) is 0 Å². The summed E-state index contributed by atoms with van der Waals surface area (Å²) in [6, 6.07) is 7.74. The molecule has 0 bridgehead atoms. The Morgan fingerprint density at radius 1 is 1.36 bits per heavy atom. The molecule has 0 unspecified atom stereocenters. The van der Waals surface area contributed by atoms with Crippen LogP contribution in [0.3, 0.4) is 0 Å². The highest BCUT2D eigenvalue weighted by Crippen LogP contribution is 2.35. The molecule has 14 heavy (non-hydrogen) atoms. The predicted molar refractivity (Wildman–Crippen MR) is 66.9 cm³/mol. The second kappa shape index (κ2) is 3.93. The number of nitrogen functional groups attached to an aromatic ring is 1. The molecule has 0 spiro atoms. The first kappa shape index (κ1) is 10.0. The van der Waals surface area contributed by atoms with Crippen LogP contribution in [0, 0.1) is 0 Å². The SMILES string of the molecule is Nc1cc(Br)c(Cl)cc1-c1cccs1. The summed E-state index contributed by atoms with van der Waals surface area (Å²) >= 11 is 11.0. The molecule has 1 nitrogen and oxygen atoms in total. The van der Waals surface area contributed by atoms with Gasteiger partial charge in [-0.05, 0) is 39.5 Å². The molecule has 1 heterocycles. The zero-order chi connectivity index (χ0) is 10.1. The molecule has 72 valence electrons. The van der Waals surface area contributed by atoms with E-state index in [-0.39, 0.29) is 0 Å². The summed E-state index contributed by atoms with van der Waals surface area (Å²) in [5.74, 6) is 0. The third kappa shape index (κ3) is 1.80. The lowest BCUT2D eigenvalue weighted by atomic mass is 10.1. The van der Waals surface area contributed by atoms with Gasteiger partial charge in [-0.2, -0.15) is 0 Å². The average Bonchev–Trinajstić information content (AvgIpc) is 2.64. The zero-order valence-electron chi connectivity index (χ0n) is 7.13. The van der Waals surface area contributed by atoms with Gasteiger partial charge < -0.3 is 5.73 Å². The Balaban J connectivity index is 2.60. The molecule has 0 amide bonds. The van der Waals surface area contributed by atoms with Crippen LogP contribution in [0.15, 0.2) is 34.1 Å². The van der Waals surface area contributed by atoms with Crippen molar-refractivity contribution >= 4 is 44.6 Å². The van der Waals surface area contributed by atoms with Crippen molar-refractivity contribution in [3.63, 3.8) is 0 Å². The molecule has 1 aromatic carbocycles. The number of rotatable bonds is 1. The van der Waals surface area contributed by atoms with Crippen LogP contribution in [-0.4, -0.2) is 0 Å². The van der Waals surface area contributed by atoms with Crippen molar-refractivity contribution in [3.05, 3.63) is 39.1 Å². The van der Waals surface area contributed by atoms with Gasteiger partial charge in [0, 0.05) is 20.6 Å². The fourth-order valence-electron chi connectivity index (χ4n) is 1.21. The highest BCUT2D eigenvalue weighted by atomic mass is 79.9. The van der Waals surface area contributed by atoms with E-state index in [0.29, 0.717) is 5.02 Å². The summed E-state index contributed by atoms with van der Waals surface area (Å²) in [7, 11) is 0. The number of halogens is 2. The van der Waals surface area contributed by atoms with Gasteiger partial charge in [0.2, 0.25) is 0 Å². The average molecular weight is 289 g/mol. The molecule has 0 fully saturated rings. The first-order valence-corrected chi connectivity index (χ1v) is 6.02. The van der Waals surface area contributed by atoms with Gasteiger partial charge in [-0.1, -0.05) is 17.7 Å². The molecule has 0 atom stereocenters. The van der Waals surface area contributed by atoms with Crippen molar-refractivity contribution in [2.24, 2.45) is 0 Å². The molecule has 0 radical (unpaired) electrons. The lowest BCUT2D eigenvalue weighted by Gasteiger charge is -2.05. The number of nitrogens with two attached hydrogens (primary N) is 1. The van der Waals surface area contributed by atoms with Crippen molar-refractivity contribution in [2.75, 3.05) is 5.73 Å². The van der Waals surface area contributed by atoms with Gasteiger partial charge in [0.1, 0.15) is 0 Å². The Hall–Kier alpha value is -0.510. The second-order valence-electron chi connectivity index (χ2n) is 2.83. The first-order chi connectivity index (χ1) is 6.68. The van der Waals surface area contributed by atoms with E-state index in [4.69, 9.17) is 17.3 Å². The number of hydrogen-bond acceptors (Lipinski definition) is 2. The number of anilines is 1. The van der Waals surface area contributed by atoms with Crippen molar-refractivity contribution < 1.29 is 0 Å². The number of thiophene rings is 1. The summed E-state index contributed by atoms with van der Waals surface area (Å²) in [5, 5.41) is 2.70. The summed E-state index contributed by atoms with van der Waals surface area (Å²) in [5.41, 5.74) is 7.63. The van der Waals surface area contributed by atoms with Gasteiger partial charge >= 0.3 is 0 Å². The molecule has 0 saturated heterocycles. The standard InChI is InChI=1S/C10H7BrClNS/c11-7-5-9(13)6(4-8(7)12)10-2-1-3-14-10/h1-5H,13H2. The van der Waals surface area contributed by atoms with Crippen LogP contribution in [0.4, 0.5) is 5.69 Å². The molecule has 4 heteroatoms. The van der Waals surface area contributed by atoms with E-state index >= 15 is 0 Å². The summed E-state index contributed by atoms with van der Waals surface area (Å²) in [6.07, 6.45) is 0. The Morgan fingerprint density at radius 3 is 2.79 bits per heavy atom. The van der Waals surface area contributed by atoms with E-state index in [9.17, 15) is 0 Å². The second-order valence-corrected chi connectivity index (χ2v) is 5.04. The molecule has 2 N–H and O–H groups in total. The van der Waals surface area contributed by atoms with Crippen LogP contribution in [0.25, 0.3) is 10.4 Å². The lowest BCUT2D eigenvalue weighted by molar-refractivity contribution is 1.63. The van der Waals surface area contributed by atoms with E-state index in [0.717, 1.165) is 20.6 Å². The molecule has 0 aliphatic rings. The van der Waals surface area contributed by atoms with E-state index in [2.05, 4.69) is 15.9 Å². The van der Waals surface area contributed by atoms with Gasteiger partial charge in [-0.25, -0.2) is 0 Å². The molecule has 0 saturated carbocycles. The molecule has 1 aromatic heterocycles. The van der Waals surface area contributed by atoms with Gasteiger partial charge in [0.15, 0.2) is 0 Å². The Morgan fingerprint density at radius 2 is 2.14 bits per heavy atom. The van der Waals surface area contributed by atoms with Crippen LogP contribution >= 0.6 is 38.9 Å². The normalized spacial score (nSPS) is 10.4. The molecule has 2 rings (SSSR count). The van der Waals surface area contributed by atoms with E-state index in [1.165, 1.54) is 0 Å². The lowest BCUT2D eigenvalue weighted by Crippen LogP contribution is -1.89. The zero-order valence-corrected chi connectivity index (χ0v) is 10.3. The highest BCUT2D eigenvalue weighted by Gasteiger charge is 2.07. The van der Waals surface area contributed by atoms with Crippen LogP contribution in [0.1, 0.15) is 0 Å². The molecule has 0 aliphatic carbocycles. The van der Waals surface area contributed by atoms with Crippen molar-refractivity contribution in [2.45, 2.75) is 0 Å². The maximum Gasteiger partial charge on any atom is 0.0556 e. The van der Waals surface area contributed by atoms with E-state index in [1.54, 1.807) is 11.3 Å². The van der Waals surface area contributed by atoms with Crippen molar-refractivity contribution in [1.82, 2.24) is 0 Å². The summed E-state index contributed by atoms with van der Waals surface area (Å²) in [6.45, 7) is 0. The monoisotopic (exact) mass is 287 g/mol. The van der Waals surface area contributed by atoms with Crippen LogP contribution in [-0.2, 0) is 0 Å². The molecule has 0 aliphatic heterocycles. The van der Waals surface area contributed by atoms with Crippen molar-refractivity contribution in [3.8, 4) is 10.4 Å². The number of hydrogen-bond donors (Lipinski definition) is 1. The third-order valence-electron chi connectivity index (χ3n) is 1.88. The number of benzene rings is 1. The van der Waals surface area contributed by atoms with Crippen LogP contribution in [0.2, 0.25) is 5.02 Å². The maximum absolute atomic E-state index is 6.00. The molecular weight excluding hydrogens is 282 g/mol. The first-order valence-electron chi connectivity index (χ1n) is 3.97. The van der Waals surface area contributed by atoms with E-state index in [1.807, 2.05) is 29.6 Å². The Labute approximate surface area is 99.6 Å². The van der Waals surface area contributed by atoms with E-state index < -0.39 is 0 Å². The van der Waals surface area contributed by atoms with Crippen LogP contribution < -0.4 is 5.73 Å². The Bertz CT molecular complexity index is 453. The minimum atomic E-state index is 0.683. The third-order valence-corrected chi connectivity index (χ3v) is 3.98. The minimum absolute atomic E-state index is 0.683. The highest BCUT2D eigenvalue weighted by molar-refractivity contribution is 9.10. The van der Waals surface area contributed by atoms with Gasteiger partial charge in [0.25, 0.3) is 0 Å². The fraction of sp³-hybridized carbons (Fsp3) is 0. The Kier molecular flexibility index (Phi) is 2.81.